The number of hydrazone groups is 1. The van der Waals surface area contributed by atoms with Gasteiger partial charge in [-0.2, -0.15) is 23.3 Å². The molecule has 2 heterocycles. The highest BCUT2D eigenvalue weighted by Crippen LogP contribution is 2.48. The van der Waals surface area contributed by atoms with Gasteiger partial charge in [0.2, 0.25) is 0 Å². The number of halogens is 3. The molecule has 1 saturated carbocycles. The van der Waals surface area contributed by atoms with Crippen molar-refractivity contribution in [3.63, 3.8) is 0 Å². The van der Waals surface area contributed by atoms with Crippen LogP contribution in [0, 0.1) is 5.92 Å². The maximum absolute atomic E-state index is 13.4. The molecule has 0 aromatic carbocycles. The van der Waals surface area contributed by atoms with E-state index in [1.165, 1.54) is 10.9 Å². The molecule has 0 bridgehead atoms. The van der Waals surface area contributed by atoms with E-state index in [1.807, 2.05) is 0 Å². The van der Waals surface area contributed by atoms with Crippen molar-refractivity contribution in [3.8, 4) is 0 Å². The number of alkyl halides is 3. The summed E-state index contributed by atoms with van der Waals surface area (Å²) in [5.74, 6) is -2.22. The smallest absolute Gasteiger partial charge is 0.362 e. The van der Waals surface area contributed by atoms with Gasteiger partial charge in [-0.3, -0.25) is 4.79 Å². The molecule has 0 saturated heterocycles. The summed E-state index contributed by atoms with van der Waals surface area (Å²) in [4.78, 5) is 15.9. The van der Waals surface area contributed by atoms with Crippen molar-refractivity contribution in [2.24, 2.45) is 11.0 Å². The third kappa shape index (κ3) is 2.06. The van der Waals surface area contributed by atoms with Gasteiger partial charge in [-0.05, 0) is 19.3 Å². The van der Waals surface area contributed by atoms with Crippen LogP contribution in [-0.2, 0) is 0 Å². The quantitative estimate of drug-likeness (QED) is 0.864. The average Bonchev–Trinajstić information content (AvgIpc) is 3.05. The molecule has 1 aromatic rings. The van der Waals surface area contributed by atoms with Crippen LogP contribution in [0.15, 0.2) is 16.0 Å². The Morgan fingerprint density at radius 3 is 2.86 bits per heavy atom. The second-order valence-electron chi connectivity index (χ2n) is 5.10. The normalized spacial score (nSPS) is 29.2. The standard InChI is InChI=1S/C12H12F3N3O2S/c13-12(14,15)11(20)7-3-1-2-4-8(7)17-18(11)10(19)9-5-21-6-16-9/h5-7,20H,1-4H2/t7-,11-/m0/s1. The van der Waals surface area contributed by atoms with Gasteiger partial charge in [-0.1, -0.05) is 6.42 Å². The number of nitrogens with zero attached hydrogens (tertiary/aromatic N) is 3. The zero-order valence-electron chi connectivity index (χ0n) is 10.8. The minimum Gasteiger partial charge on any atom is -0.362 e. The van der Waals surface area contributed by atoms with Crippen LogP contribution in [-0.4, -0.2) is 38.6 Å². The Kier molecular flexibility index (Phi) is 3.28. The lowest BCUT2D eigenvalue weighted by molar-refractivity contribution is -0.312. The number of amides is 1. The molecular weight excluding hydrogens is 307 g/mol. The number of hydrogen-bond acceptors (Lipinski definition) is 5. The Morgan fingerprint density at radius 2 is 2.24 bits per heavy atom. The number of carbonyl (C=O) groups excluding carboxylic acids is 1. The summed E-state index contributed by atoms with van der Waals surface area (Å²) in [7, 11) is 0. The molecule has 0 radical (unpaired) electrons. The lowest BCUT2D eigenvalue weighted by Crippen LogP contribution is -2.61. The zero-order valence-corrected chi connectivity index (χ0v) is 11.6. The van der Waals surface area contributed by atoms with Crippen molar-refractivity contribution in [3.05, 3.63) is 16.6 Å². The Bertz CT molecular complexity index is 587. The van der Waals surface area contributed by atoms with Gasteiger partial charge in [-0.25, -0.2) is 4.98 Å². The van der Waals surface area contributed by atoms with Crippen LogP contribution in [0.2, 0.25) is 0 Å². The molecular formula is C12H12F3N3O2S. The summed E-state index contributed by atoms with van der Waals surface area (Å²) < 4.78 is 40.3. The molecule has 9 heteroatoms. The topological polar surface area (TPSA) is 65.8 Å². The molecule has 2 aliphatic rings. The van der Waals surface area contributed by atoms with Crippen LogP contribution in [0.4, 0.5) is 13.2 Å². The highest BCUT2D eigenvalue weighted by Gasteiger charge is 2.68. The zero-order chi connectivity index (χ0) is 15.3. The van der Waals surface area contributed by atoms with Crippen LogP contribution in [0.25, 0.3) is 0 Å². The number of rotatable bonds is 1. The van der Waals surface area contributed by atoms with Crippen LogP contribution in [0.1, 0.15) is 36.2 Å². The van der Waals surface area contributed by atoms with Crippen molar-refractivity contribution in [1.82, 2.24) is 9.99 Å². The van der Waals surface area contributed by atoms with E-state index in [0.717, 1.165) is 11.3 Å². The molecule has 1 fully saturated rings. The minimum atomic E-state index is -4.98. The van der Waals surface area contributed by atoms with Gasteiger partial charge in [0.1, 0.15) is 5.69 Å². The third-order valence-electron chi connectivity index (χ3n) is 3.88. The molecule has 1 N–H and O–H groups in total. The highest BCUT2D eigenvalue weighted by molar-refractivity contribution is 7.07. The molecule has 1 aliphatic heterocycles. The van der Waals surface area contributed by atoms with Crippen molar-refractivity contribution in [2.45, 2.75) is 37.6 Å². The van der Waals surface area contributed by atoms with Crippen LogP contribution in [0.3, 0.4) is 0 Å². The molecule has 3 rings (SSSR count). The predicted molar refractivity (Wildman–Crippen MR) is 68.7 cm³/mol. The molecule has 114 valence electrons. The predicted octanol–water partition coefficient (Wildman–Crippen LogP) is 2.40. The maximum Gasteiger partial charge on any atom is 0.439 e. The van der Waals surface area contributed by atoms with Crippen molar-refractivity contribution >= 4 is 23.0 Å². The number of hydrogen-bond donors (Lipinski definition) is 1. The van der Waals surface area contributed by atoms with Crippen LogP contribution in [0.5, 0.6) is 0 Å². The van der Waals surface area contributed by atoms with Gasteiger partial charge in [0.25, 0.3) is 11.6 Å². The lowest BCUT2D eigenvalue weighted by Gasteiger charge is -2.37. The van der Waals surface area contributed by atoms with E-state index in [2.05, 4.69) is 10.1 Å². The molecule has 0 unspecified atom stereocenters. The Hall–Kier alpha value is -1.48. The summed E-state index contributed by atoms with van der Waals surface area (Å²) in [5, 5.41) is 15.6. The summed E-state index contributed by atoms with van der Waals surface area (Å²) in [5.41, 5.74) is -1.84. The van der Waals surface area contributed by atoms with Gasteiger partial charge < -0.3 is 5.11 Å². The van der Waals surface area contributed by atoms with Gasteiger partial charge in [0, 0.05) is 11.1 Å². The lowest BCUT2D eigenvalue weighted by atomic mass is 9.80. The minimum absolute atomic E-state index is 0.148. The molecule has 21 heavy (non-hydrogen) atoms. The monoisotopic (exact) mass is 319 g/mol. The van der Waals surface area contributed by atoms with Crippen LogP contribution < -0.4 is 0 Å². The van der Waals surface area contributed by atoms with Gasteiger partial charge >= 0.3 is 6.18 Å². The summed E-state index contributed by atoms with van der Waals surface area (Å²) >= 11 is 1.09. The van der Waals surface area contributed by atoms with Gasteiger partial charge in [-0.15, -0.1) is 11.3 Å². The Labute approximate surface area is 122 Å². The van der Waals surface area contributed by atoms with Gasteiger partial charge in [0.05, 0.1) is 11.4 Å². The van der Waals surface area contributed by atoms with E-state index >= 15 is 0 Å². The molecule has 5 nitrogen and oxygen atoms in total. The third-order valence-corrected chi connectivity index (χ3v) is 4.46. The van der Waals surface area contributed by atoms with Crippen LogP contribution >= 0.6 is 11.3 Å². The number of aliphatic hydroxyl groups is 1. The van der Waals surface area contributed by atoms with Crippen molar-refractivity contribution in [1.29, 1.82) is 0 Å². The Morgan fingerprint density at radius 1 is 1.48 bits per heavy atom. The fourth-order valence-corrected chi connectivity index (χ4v) is 3.37. The first-order valence-electron chi connectivity index (χ1n) is 6.45. The van der Waals surface area contributed by atoms with E-state index in [-0.39, 0.29) is 22.8 Å². The number of aromatic nitrogens is 1. The summed E-state index contributed by atoms with van der Waals surface area (Å²) in [6.07, 6.45) is -3.17. The second kappa shape index (κ2) is 4.77. The first-order valence-corrected chi connectivity index (χ1v) is 7.39. The largest absolute Gasteiger partial charge is 0.439 e. The Balaban J connectivity index is 2.04. The second-order valence-corrected chi connectivity index (χ2v) is 5.82. The molecule has 2 atom stereocenters. The molecule has 0 spiro atoms. The number of fused-ring (bicyclic) bond motifs is 1. The summed E-state index contributed by atoms with van der Waals surface area (Å²) in [6, 6.07) is 0. The van der Waals surface area contributed by atoms with Crippen molar-refractivity contribution in [2.75, 3.05) is 0 Å². The maximum atomic E-state index is 13.4. The first kappa shape index (κ1) is 14.5. The number of thiazole rings is 1. The van der Waals surface area contributed by atoms with E-state index in [9.17, 15) is 23.1 Å². The summed E-state index contributed by atoms with van der Waals surface area (Å²) in [6.45, 7) is 0. The van der Waals surface area contributed by atoms with Gasteiger partial charge in [0.15, 0.2) is 0 Å². The first-order chi connectivity index (χ1) is 9.85. The fraction of sp³-hybridized carbons (Fsp3) is 0.583. The molecule has 1 aromatic heterocycles. The average molecular weight is 319 g/mol. The molecule has 1 aliphatic carbocycles. The van der Waals surface area contributed by atoms with E-state index < -0.39 is 23.7 Å². The fourth-order valence-electron chi connectivity index (χ4n) is 2.85. The molecule has 1 amide bonds. The van der Waals surface area contributed by atoms with Crippen molar-refractivity contribution < 1.29 is 23.1 Å². The highest BCUT2D eigenvalue weighted by atomic mass is 32.1. The van der Waals surface area contributed by atoms with E-state index in [1.54, 1.807) is 0 Å². The van der Waals surface area contributed by atoms with E-state index in [0.29, 0.717) is 19.3 Å². The SMILES string of the molecule is O=C(c1cscn1)N1N=C2CCCC[C@@H]2[C@]1(O)C(F)(F)F. The van der Waals surface area contributed by atoms with E-state index in [4.69, 9.17) is 0 Å². The number of carbonyl (C=O) groups is 1.